The number of benzene rings is 1. The number of hydrogen-bond acceptors (Lipinski definition) is 4. The van der Waals surface area contributed by atoms with Gasteiger partial charge in [-0.3, -0.25) is 9.59 Å². The molecule has 96 valence electrons. The molecule has 0 aliphatic heterocycles. The number of methoxy groups -OCH3 is 2. The third kappa shape index (κ3) is 2.14. The molecule has 0 N–H and O–H groups in total. The molecule has 1 aromatic carbocycles. The summed E-state index contributed by atoms with van der Waals surface area (Å²) < 4.78 is 9.84. The predicted octanol–water partition coefficient (Wildman–Crippen LogP) is 2.60. The van der Waals surface area contributed by atoms with Gasteiger partial charge < -0.3 is 9.47 Å². The highest BCUT2D eigenvalue weighted by Crippen LogP contribution is 2.26. The molecule has 0 radical (unpaired) electrons. The van der Waals surface area contributed by atoms with Gasteiger partial charge in [0, 0.05) is 11.1 Å². The van der Waals surface area contributed by atoms with Crippen molar-refractivity contribution in [2.75, 3.05) is 14.2 Å². The average molecular weight is 248 g/mol. The molecule has 0 atom stereocenters. The summed E-state index contributed by atoms with van der Waals surface area (Å²) >= 11 is 0. The van der Waals surface area contributed by atoms with E-state index in [4.69, 9.17) is 9.47 Å². The van der Waals surface area contributed by atoms with Crippen LogP contribution in [0.4, 0.5) is 0 Å². The highest BCUT2D eigenvalue weighted by Gasteiger charge is 2.33. The van der Waals surface area contributed by atoms with Crippen molar-refractivity contribution in [3.8, 4) is 0 Å². The molecule has 0 spiro atoms. The third-order valence-corrected chi connectivity index (χ3v) is 2.44. The first kappa shape index (κ1) is 14.0. The number of fused-ring (bicyclic) bond motifs is 1. The van der Waals surface area contributed by atoms with Gasteiger partial charge in [-0.2, -0.15) is 0 Å². The monoisotopic (exact) mass is 248 g/mol. The van der Waals surface area contributed by atoms with Crippen LogP contribution in [0.25, 0.3) is 0 Å². The second kappa shape index (κ2) is 6.00. The van der Waals surface area contributed by atoms with Crippen molar-refractivity contribution in [3.05, 3.63) is 46.9 Å². The average Bonchev–Trinajstić information content (AvgIpc) is 2.44. The largest absolute Gasteiger partial charge is 0.489 e. The van der Waals surface area contributed by atoms with Crippen LogP contribution in [0.3, 0.4) is 0 Å². The Balaban J connectivity index is 0.000000771. The Morgan fingerprint density at radius 2 is 1.11 bits per heavy atom. The van der Waals surface area contributed by atoms with E-state index in [1.165, 1.54) is 14.2 Å². The fourth-order valence-electron chi connectivity index (χ4n) is 1.70. The number of rotatable bonds is 2. The van der Waals surface area contributed by atoms with Crippen molar-refractivity contribution in [2.24, 2.45) is 0 Å². The van der Waals surface area contributed by atoms with E-state index in [-0.39, 0.29) is 23.1 Å². The Morgan fingerprint density at radius 3 is 1.39 bits per heavy atom. The fraction of sp³-hybridized carbons (Fsp3) is 0.286. The zero-order valence-corrected chi connectivity index (χ0v) is 10.9. The molecular formula is C14H16O4. The zero-order chi connectivity index (χ0) is 13.7. The van der Waals surface area contributed by atoms with Gasteiger partial charge in [0.2, 0.25) is 23.1 Å². The van der Waals surface area contributed by atoms with Gasteiger partial charge >= 0.3 is 0 Å². The number of hydrogen-bond donors (Lipinski definition) is 0. The Hall–Kier alpha value is -2.10. The molecule has 0 bridgehead atoms. The molecule has 0 fully saturated rings. The van der Waals surface area contributed by atoms with Crippen molar-refractivity contribution in [1.82, 2.24) is 0 Å². The predicted molar refractivity (Wildman–Crippen MR) is 67.5 cm³/mol. The molecule has 0 amide bonds. The minimum absolute atomic E-state index is 0.0359. The van der Waals surface area contributed by atoms with Gasteiger partial charge in [-0.05, 0) is 0 Å². The molecule has 0 saturated heterocycles. The standard InChI is InChI=1S/C12H10O4.C2H6/c1-15-11-9(13)7-5-3-4-6-8(7)10(14)12(11)16-2;1-2/h3-6H,1-2H3;1-2H3. The summed E-state index contributed by atoms with van der Waals surface area (Å²) in [6, 6.07) is 6.60. The Kier molecular flexibility index (Phi) is 4.66. The Morgan fingerprint density at radius 1 is 0.778 bits per heavy atom. The first-order valence-electron chi connectivity index (χ1n) is 5.71. The maximum Gasteiger partial charge on any atom is 0.232 e. The second-order valence-corrected chi connectivity index (χ2v) is 3.27. The highest BCUT2D eigenvalue weighted by atomic mass is 16.5. The molecule has 1 aliphatic rings. The van der Waals surface area contributed by atoms with E-state index in [0.29, 0.717) is 11.1 Å². The summed E-state index contributed by atoms with van der Waals surface area (Å²) in [4.78, 5) is 23.9. The van der Waals surface area contributed by atoms with Crippen molar-refractivity contribution >= 4 is 11.6 Å². The first-order valence-corrected chi connectivity index (χ1v) is 5.71. The molecule has 2 rings (SSSR count). The van der Waals surface area contributed by atoms with E-state index < -0.39 is 0 Å². The van der Waals surface area contributed by atoms with E-state index in [1.54, 1.807) is 24.3 Å². The molecule has 0 heterocycles. The van der Waals surface area contributed by atoms with Crippen LogP contribution in [0, 0.1) is 0 Å². The molecule has 0 unspecified atom stereocenters. The number of allylic oxidation sites excluding steroid dienone is 2. The SMILES string of the molecule is CC.COC1=C(OC)C(=O)c2ccccc2C1=O. The third-order valence-electron chi connectivity index (χ3n) is 2.44. The van der Waals surface area contributed by atoms with Crippen molar-refractivity contribution in [2.45, 2.75) is 13.8 Å². The van der Waals surface area contributed by atoms with Crippen LogP contribution in [0.2, 0.25) is 0 Å². The lowest BCUT2D eigenvalue weighted by molar-refractivity contribution is 0.0829. The second-order valence-electron chi connectivity index (χ2n) is 3.27. The molecule has 1 aliphatic carbocycles. The maximum absolute atomic E-state index is 11.9. The number of Topliss-reactive ketones (excluding diaryl/α,β-unsaturated/α-hetero) is 2. The van der Waals surface area contributed by atoms with Crippen LogP contribution in [0.5, 0.6) is 0 Å². The van der Waals surface area contributed by atoms with Gasteiger partial charge in [0.1, 0.15) is 0 Å². The number of ketones is 2. The number of carbonyl (C=O) groups excluding carboxylic acids is 2. The van der Waals surface area contributed by atoms with E-state index in [1.807, 2.05) is 13.8 Å². The van der Waals surface area contributed by atoms with Crippen LogP contribution in [0.15, 0.2) is 35.8 Å². The molecule has 18 heavy (non-hydrogen) atoms. The normalized spacial score (nSPS) is 13.6. The van der Waals surface area contributed by atoms with Gasteiger partial charge in [0.05, 0.1) is 14.2 Å². The van der Waals surface area contributed by atoms with Crippen LogP contribution in [-0.2, 0) is 9.47 Å². The summed E-state index contributed by atoms with van der Waals surface area (Å²) in [5, 5.41) is 0. The van der Waals surface area contributed by atoms with Crippen molar-refractivity contribution in [3.63, 3.8) is 0 Å². The van der Waals surface area contributed by atoms with Gasteiger partial charge in [-0.25, -0.2) is 0 Å². The fourth-order valence-corrected chi connectivity index (χ4v) is 1.70. The topological polar surface area (TPSA) is 52.6 Å². The summed E-state index contributed by atoms with van der Waals surface area (Å²) in [7, 11) is 2.68. The quantitative estimate of drug-likeness (QED) is 0.807. The van der Waals surface area contributed by atoms with Gasteiger partial charge in [-0.1, -0.05) is 38.1 Å². The Labute approximate surface area is 106 Å². The minimum Gasteiger partial charge on any atom is -0.489 e. The van der Waals surface area contributed by atoms with Crippen molar-refractivity contribution in [1.29, 1.82) is 0 Å². The lowest BCUT2D eigenvalue weighted by Gasteiger charge is -2.18. The first-order chi connectivity index (χ1) is 8.70. The molecule has 4 nitrogen and oxygen atoms in total. The smallest absolute Gasteiger partial charge is 0.232 e. The lowest BCUT2D eigenvalue weighted by atomic mass is 9.92. The highest BCUT2D eigenvalue weighted by molar-refractivity contribution is 6.25. The van der Waals surface area contributed by atoms with E-state index in [9.17, 15) is 9.59 Å². The van der Waals surface area contributed by atoms with Gasteiger partial charge in [0.25, 0.3) is 0 Å². The van der Waals surface area contributed by atoms with E-state index in [0.717, 1.165) is 0 Å². The van der Waals surface area contributed by atoms with E-state index >= 15 is 0 Å². The summed E-state index contributed by atoms with van der Waals surface area (Å²) in [5.74, 6) is -0.721. The van der Waals surface area contributed by atoms with Crippen LogP contribution < -0.4 is 0 Å². The molecule has 0 saturated carbocycles. The molecular weight excluding hydrogens is 232 g/mol. The number of carbonyl (C=O) groups is 2. The number of ether oxygens (including phenoxy) is 2. The zero-order valence-electron chi connectivity index (χ0n) is 10.9. The van der Waals surface area contributed by atoms with Crippen LogP contribution in [-0.4, -0.2) is 25.8 Å². The summed E-state index contributed by atoms with van der Waals surface area (Å²) in [5.41, 5.74) is 0.704. The molecule has 1 aromatic rings. The van der Waals surface area contributed by atoms with Crippen LogP contribution >= 0.6 is 0 Å². The van der Waals surface area contributed by atoms with E-state index in [2.05, 4.69) is 0 Å². The summed E-state index contributed by atoms with van der Waals surface area (Å²) in [6.45, 7) is 4.00. The summed E-state index contributed by atoms with van der Waals surface area (Å²) in [6.07, 6.45) is 0. The molecule has 0 aromatic heterocycles. The Bertz CT molecular complexity index is 455. The van der Waals surface area contributed by atoms with Gasteiger partial charge in [-0.15, -0.1) is 0 Å². The molecule has 4 heteroatoms. The van der Waals surface area contributed by atoms with Crippen LogP contribution in [0.1, 0.15) is 34.6 Å². The van der Waals surface area contributed by atoms with Gasteiger partial charge in [0.15, 0.2) is 0 Å². The van der Waals surface area contributed by atoms with Crippen molar-refractivity contribution < 1.29 is 19.1 Å². The maximum atomic E-state index is 11.9. The minimum atomic E-state index is -0.324. The lowest BCUT2D eigenvalue weighted by Crippen LogP contribution is -2.23.